The van der Waals surface area contributed by atoms with Crippen LogP contribution in [0.15, 0.2) is 18.2 Å². The van der Waals surface area contributed by atoms with Gasteiger partial charge in [0.2, 0.25) is 5.91 Å². The zero-order valence-corrected chi connectivity index (χ0v) is 11.6. The fourth-order valence-electron chi connectivity index (χ4n) is 1.85. The molecule has 18 heavy (non-hydrogen) atoms. The predicted octanol–water partition coefficient (Wildman–Crippen LogP) is 2.85. The summed E-state index contributed by atoms with van der Waals surface area (Å²) in [4.78, 5) is 11.6. The van der Waals surface area contributed by atoms with Crippen molar-refractivity contribution in [1.82, 2.24) is 5.32 Å². The Labute approximate surface area is 110 Å². The standard InChI is InChI=1S/C15H23NO2/c1-4-5-10-16-15(17)9-7-13-6-8-14(18-3)12(2)11-13/h6,8,11H,4-5,7,9-10H2,1-3H3,(H,16,17). The Bertz CT molecular complexity index is 388. The summed E-state index contributed by atoms with van der Waals surface area (Å²) in [5, 5.41) is 2.93. The molecule has 0 fully saturated rings. The van der Waals surface area contributed by atoms with Crippen LogP contribution in [0.5, 0.6) is 5.75 Å². The maximum atomic E-state index is 11.6. The van der Waals surface area contributed by atoms with Crippen molar-refractivity contribution < 1.29 is 9.53 Å². The zero-order chi connectivity index (χ0) is 13.4. The lowest BCUT2D eigenvalue weighted by molar-refractivity contribution is -0.121. The highest BCUT2D eigenvalue weighted by atomic mass is 16.5. The second-order valence-corrected chi connectivity index (χ2v) is 4.51. The van der Waals surface area contributed by atoms with Crippen LogP contribution >= 0.6 is 0 Å². The van der Waals surface area contributed by atoms with Gasteiger partial charge in [0, 0.05) is 13.0 Å². The van der Waals surface area contributed by atoms with Crippen LogP contribution in [-0.2, 0) is 11.2 Å². The van der Waals surface area contributed by atoms with Crippen molar-refractivity contribution in [3.05, 3.63) is 29.3 Å². The number of unbranched alkanes of at least 4 members (excludes halogenated alkanes) is 1. The summed E-state index contributed by atoms with van der Waals surface area (Å²) in [5.74, 6) is 1.03. The summed E-state index contributed by atoms with van der Waals surface area (Å²) < 4.78 is 5.21. The van der Waals surface area contributed by atoms with Crippen LogP contribution in [0.2, 0.25) is 0 Å². The molecule has 3 heteroatoms. The lowest BCUT2D eigenvalue weighted by atomic mass is 10.1. The van der Waals surface area contributed by atoms with Gasteiger partial charge in [-0.05, 0) is 37.0 Å². The number of carbonyl (C=O) groups excluding carboxylic acids is 1. The molecule has 1 rings (SSSR count). The van der Waals surface area contributed by atoms with Gasteiger partial charge in [-0.25, -0.2) is 0 Å². The van der Waals surface area contributed by atoms with Crippen molar-refractivity contribution in [3.63, 3.8) is 0 Å². The van der Waals surface area contributed by atoms with E-state index in [1.807, 2.05) is 19.1 Å². The zero-order valence-electron chi connectivity index (χ0n) is 11.6. The summed E-state index contributed by atoms with van der Waals surface area (Å²) in [6.45, 7) is 4.92. The molecule has 0 saturated carbocycles. The van der Waals surface area contributed by atoms with E-state index in [4.69, 9.17) is 4.74 Å². The second kappa shape index (κ2) is 7.75. The molecule has 0 aliphatic rings. The van der Waals surface area contributed by atoms with Crippen LogP contribution in [0.3, 0.4) is 0 Å². The minimum absolute atomic E-state index is 0.136. The van der Waals surface area contributed by atoms with Gasteiger partial charge in [0.05, 0.1) is 7.11 Å². The molecule has 0 saturated heterocycles. The maximum absolute atomic E-state index is 11.6. The van der Waals surface area contributed by atoms with Gasteiger partial charge in [-0.1, -0.05) is 25.5 Å². The third-order valence-electron chi connectivity index (χ3n) is 2.95. The lowest BCUT2D eigenvalue weighted by Crippen LogP contribution is -2.24. The lowest BCUT2D eigenvalue weighted by Gasteiger charge is -2.08. The van der Waals surface area contributed by atoms with Gasteiger partial charge in [0.25, 0.3) is 0 Å². The molecule has 0 aliphatic heterocycles. The van der Waals surface area contributed by atoms with Crippen LogP contribution < -0.4 is 10.1 Å². The van der Waals surface area contributed by atoms with E-state index in [2.05, 4.69) is 18.3 Å². The van der Waals surface area contributed by atoms with Gasteiger partial charge in [-0.15, -0.1) is 0 Å². The molecule has 0 bridgehead atoms. The Morgan fingerprint density at radius 2 is 2.17 bits per heavy atom. The summed E-state index contributed by atoms with van der Waals surface area (Å²) in [7, 11) is 1.67. The smallest absolute Gasteiger partial charge is 0.220 e. The van der Waals surface area contributed by atoms with Gasteiger partial charge in [-0.2, -0.15) is 0 Å². The number of amides is 1. The monoisotopic (exact) mass is 249 g/mol. The van der Waals surface area contributed by atoms with Crippen molar-refractivity contribution in [2.75, 3.05) is 13.7 Å². The number of aryl methyl sites for hydroxylation is 2. The molecule has 0 radical (unpaired) electrons. The minimum Gasteiger partial charge on any atom is -0.496 e. The van der Waals surface area contributed by atoms with E-state index in [1.165, 1.54) is 5.56 Å². The second-order valence-electron chi connectivity index (χ2n) is 4.51. The number of ether oxygens (including phenoxy) is 1. The first kappa shape index (κ1) is 14.6. The minimum atomic E-state index is 0.136. The highest BCUT2D eigenvalue weighted by Gasteiger charge is 2.03. The van der Waals surface area contributed by atoms with E-state index in [9.17, 15) is 4.79 Å². The van der Waals surface area contributed by atoms with Crippen LogP contribution in [0.25, 0.3) is 0 Å². The first-order valence-corrected chi connectivity index (χ1v) is 6.57. The predicted molar refractivity (Wildman–Crippen MR) is 74.0 cm³/mol. The van der Waals surface area contributed by atoms with E-state index < -0.39 is 0 Å². The number of methoxy groups -OCH3 is 1. The molecule has 0 aliphatic carbocycles. The van der Waals surface area contributed by atoms with Gasteiger partial charge >= 0.3 is 0 Å². The SMILES string of the molecule is CCCCNC(=O)CCc1ccc(OC)c(C)c1. The largest absolute Gasteiger partial charge is 0.496 e. The number of rotatable bonds is 7. The van der Waals surface area contributed by atoms with E-state index in [0.717, 1.165) is 37.1 Å². The molecule has 1 aromatic carbocycles. The van der Waals surface area contributed by atoms with E-state index >= 15 is 0 Å². The van der Waals surface area contributed by atoms with Crippen molar-refractivity contribution in [3.8, 4) is 5.75 Å². The molecule has 3 nitrogen and oxygen atoms in total. The third-order valence-corrected chi connectivity index (χ3v) is 2.95. The Balaban J connectivity index is 2.39. The quantitative estimate of drug-likeness (QED) is 0.755. The molecular weight excluding hydrogens is 226 g/mol. The van der Waals surface area contributed by atoms with Gasteiger partial charge in [0.15, 0.2) is 0 Å². The molecular formula is C15H23NO2. The maximum Gasteiger partial charge on any atom is 0.220 e. The average molecular weight is 249 g/mol. The van der Waals surface area contributed by atoms with Gasteiger partial charge < -0.3 is 10.1 Å². The first-order chi connectivity index (χ1) is 8.67. The number of hydrogen-bond acceptors (Lipinski definition) is 2. The summed E-state index contributed by atoms with van der Waals surface area (Å²) in [6, 6.07) is 6.06. The van der Waals surface area contributed by atoms with Crippen molar-refractivity contribution in [1.29, 1.82) is 0 Å². The first-order valence-electron chi connectivity index (χ1n) is 6.57. The van der Waals surface area contributed by atoms with E-state index in [0.29, 0.717) is 6.42 Å². The van der Waals surface area contributed by atoms with Gasteiger partial charge in [0.1, 0.15) is 5.75 Å². The highest BCUT2D eigenvalue weighted by molar-refractivity contribution is 5.76. The molecule has 100 valence electrons. The van der Waals surface area contributed by atoms with Crippen LogP contribution in [0.4, 0.5) is 0 Å². The van der Waals surface area contributed by atoms with E-state index in [1.54, 1.807) is 7.11 Å². The Hall–Kier alpha value is -1.51. The molecule has 1 amide bonds. The topological polar surface area (TPSA) is 38.3 Å². The molecule has 0 aromatic heterocycles. The van der Waals surface area contributed by atoms with Crippen molar-refractivity contribution >= 4 is 5.91 Å². The molecule has 0 spiro atoms. The third kappa shape index (κ3) is 4.78. The molecule has 1 N–H and O–H groups in total. The number of nitrogens with one attached hydrogen (secondary N) is 1. The van der Waals surface area contributed by atoms with E-state index in [-0.39, 0.29) is 5.91 Å². The van der Waals surface area contributed by atoms with Gasteiger partial charge in [-0.3, -0.25) is 4.79 Å². The molecule has 0 atom stereocenters. The molecule has 1 aromatic rings. The summed E-state index contributed by atoms with van der Waals surface area (Å²) in [5.41, 5.74) is 2.29. The Morgan fingerprint density at radius 1 is 1.39 bits per heavy atom. The van der Waals surface area contributed by atoms with Crippen molar-refractivity contribution in [2.24, 2.45) is 0 Å². The number of carbonyl (C=O) groups is 1. The highest BCUT2D eigenvalue weighted by Crippen LogP contribution is 2.19. The van der Waals surface area contributed by atoms with Crippen LogP contribution in [0.1, 0.15) is 37.3 Å². The number of hydrogen-bond donors (Lipinski definition) is 1. The van der Waals surface area contributed by atoms with Crippen molar-refractivity contribution in [2.45, 2.75) is 39.5 Å². The fraction of sp³-hybridized carbons (Fsp3) is 0.533. The van der Waals surface area contributed by atoms with Crippen LogP contribution in [0, 0.1) is 6.92 Å². The molecule has 0 unspecified atom stereocenters. The number of benzene rings is 1. The summed E-state index contributed by atoms with van der Waals surface area (Å²) in [6.07, 6.45) is 3.49. The summed E-state index contributed by atoms with van der Waals surface area (Å²) >= 11 is 0. The Morgan fingerprint density at radius 3 is 2.78 bits per heavy atom. The molecule has 0 heterocycles. The fourth-order valence-corrected chi connectivity index (χ4v) is 1.85. The van der Waals surface area contributed by atoms with Crippen LogP contribution in [-0.4, -0.2) is 19.6 Å². The average Bonchev–Trinajstić information content (AvgIpc) is 2.37. The normalized spacial score (nSPS) is 10.2. The Kier molecular flexibility index (Phi) is 6.26.